The first-order valence-electron chi connectivity index (χ1n) is 6.52. The van der Waals surface area contributed by atoms with Gasteiger partial charge >= 0.3 is 0 Å². The average Bonchev–Trinajstić information content (AvgIpc) is 2.78. The lowest BCUT2D eigenvalue weighted by atomic mass is 10.2. The molecule has 4 nitrogen and oxygen atoms in total. The van der Waals surface area contributed by atoms with Gasteiger partial charge in [0, 0.05) is 18.3 Å². The highest BCUT2D eigenvalue weighted by molar-refractivity contribution is 6.31. The number of benzene rings is 1. The normalized spacial score (nSPS) is 11.1. The Bertz CT molecular complexity index is 746. The van der Waals surface area contributed by atoms with E-state index in [0.717, 1.165) is 35.6 Å². The van der Waals surface area contributed by atoms with Crippen LogP contribution in [0.2, 0.25) is 5.02 Å². The van der Waals surface area contributed by atoms with Crippen LogP contribution in [0.15, 0.2) is 36.5 Å². The third-order valence-electron chi connectivity index (χ3n) is 3.27. The van der Waals surface area contributed by atoms with Crippen molar-refractivity contribution >= 4 is 28.5 Å². The number of nitrogen functional groups attached to an aromatic ring is 1. The van der Waals surface area contributed by atoms with Crippen LogP contribution in [0.5, 0.6) is 0 Å². The van der Waals surface area contributed by atoms with E-state index in [-0.39, 0.29) is 0 Å². The van der Waals surface area contributed by atoms with E-state index in [4.69, 9.17) is 17.3 Å². The summed E-state index contributed by atoms with van der Waals surface area (Å²) in [6.45, 7) is 2.82. The molecule has 20 heavy (non-hydrogen) atoms. The smallest absolute Gasteiger partial charge is 0.160 e. The summed E-state index contributed by atoms with van der Waals surface area (Å²) < 4.78 is 2.12. The average molecular weight is 287 g/mol. The van der Waals surface area contributed by atoms with Gasteiger partial charge in [0.1, 0.15) is 11.3 Å². The van der Waals surface area contributed by atoms with Gasteiger partial charge in [-0.05, 0) is 23.8 Å². The van der Waals surface area contributed by atoms with Gasteiger partial charge in [0.05, 0.1) is 11.6 Å². The molecule has 2 N–H and O–H groups in total. The lowest BCUT2D eigenvalue weighted by Gasteiger charge is -2.08. The van der Waals surface area contributed by atoms with Crippen molar-refractivity contribution in [3.8, 4) is 0 Å². The zero-order valence-electron chi connectivity index (χ0n) is 11.2. The standard InChI is InChI=1S/C15H15ClN4/c1-2-14-19-13-7-11(16)8-18-15(13)20(14)9-10-3-5-12(17)6-4-10/h3-8H,2,9,17H2,1H3. The molecule has 0 bridgehead atoms. The van der Waals surface area contributed by atoms with Crippen LogP contribution in [0.25, 0.3) is 11.2 Å². The second kappa shape index (κ2) is 5.13. The Kier molecular flexibility index (Phi) is 3.32. The van der Waals surface area contributed by atoms with Crippen molar-refractivity contribution in [3.05, 3.63) is 52.9 Å². The first-order valence-corrected chi connectivity index (χ1v) is 6.90. The lowest BCUT2D eigenvalue weighted by molar-refractivity contribution is 0.746. The Morgan fingerprint density at radius 1 is 1.25 bits per heavy atom. The third kappa shape index (κ3) is 2.34. The van der Waals surface area contributed by atoms with Crippen LogP contribution in [-0.2, 0) is 13.0 Å². The summed E-state index contributed by atoms with van der Waals surface area (Å²) in [4.78, 5) is 9.00. The molecule has 0 unspecified atom stereocenters. The highest BCUT2D eigenvalue weighted by Crippen LogP contribution is 2.20. The Morgan fingerprint density at radius 2 is 2.00 bits per heavy atom. The number of hydrogen-bond acceptors (Lipinski definition) is 3. The fourth-order valence-corrected chi connectivity index (χ4v) is 2.43. The van der Waals surface area contributed by atoms with E-state index in [9.17, 15) is 0 Å². The first kappa shape index (κ1) is 12.9. The fourth-order valence-electron chi connectivity index (χ4n) is 2.27. The minimum atomic E-state index is 0.609. The molecule has 1 aromatic carbocycles. The Morgan fingerprint density at radius 3 is 2.70 bits per heavy atom. The van der Waals surface area contributed by atoms with Gasteiger partial charge in [0.25, 0.3) is 0 Å². The fraction of sp³-hybridized carbons (Fsp3) is 0.200. The first-order chi connectivity index (χ1) is 9.67. The molecule has 102 valence electrons. The molecule has 0 radical (unpaired) electrons. The van der Waals surface area contributed by atoms with Crippen molar-refractivity contribution in [3.63, 3.8) is 0 Å². The van der Waals surface area contributed by atoms with Gasteiger partial charge in [-0.2, -0.15) is 0 Å². The molecular formula is C15H15ClN4. The molecule has 0 fully saturated rings. The third-order valence-corrected chi connectivity index (χ3v) is 3.47. The number of rotatable bonds is 3. The summed E-state index contributed by atoms with van der Waals surface area (Å²) in [5.74, 6) is 1.01. The van der Waals surface area contributed by atoms with Crippen molar-refractivity contribution in [2.24, 2.45) is 0 Å². The Hall–Kier alpha value is -2.07. The topological polar surface area (TPSA) is 56.7 Å². The van der Waals surface area contributed by atoms with Gasteiger partial charge in [0.15, 0.2) is 5.65 Å². The number of aromatic nitrogens is 3. The van der Waals surface area contributed by atoms with E-state index in [1.165, 1.54) is 5.56 Å². The van der Waals surface area contributed by atoms with Crippen LogP contribution in [0.4, 0.5) is 5.69 Å². The van der Waals surface area contributed by atoms with Crippen molar-refractivity contribution in [2.75, 3.05) is 5.73 Å². The molecule has 3 rings (SSSR count). The summed E-state index contributed by atoms with van der Waals surface area (Å²) in [6.07, 6.45) is 2.51. The van der Waals surface area contributed by atoms with E-state index in [2.05, 4.69) is 21.5 Å². The minimum absolute atomic E-state index is 0.609. The molecule has 0 saturated carbocycles. The zero-order chi connectivity index (χ0) is 14.1. The van der Waals surface area contributed by atoms with Crippen molar-refractivity contribution < 1.29 is 0 Å². The highest BCUT2D eigenvalue weighted by Gasteiger charge is 2.11. The molecule has 2 aromatic heterocycles. The van der Waals surface area contributed by atoms with E-state index < -0.39 is 0 Å². The van der Waals surface area contributed by atoms with Crippen molar-refractivity contribution in [1.29, 1.82) is 0 Å². The van der Waals surface area contributed by atoms with E-state index in [1.807, 2.05) is 30.3 Å². The molecule has 3 aromatic rings. The molecule has 0 aliphatic rings. The van der Waals surface area contributed by atoms with E-state index in [1.54, 1.807) is 6.20 Å². The molecule has 0 aliphatic carbocycles. The number of fused-ring (bicyclic) bond motifs is 1. The van der Waals surface area contributed by atoms with E-state index >= 15 is 0 Å². The minimum Gasteiger partial charge on any atom is -0.399 e. The molecule has 0 saturated heterocycles. The maximum Gasteiger partial charge on any atom is 0.160 e. The zero-order valence-corrected chi connectivity index (χ0v) is 11.9. The molecule has 0 aliphatic heterocycles. The summed E-state index contributed by atoms with van der Waals surface area (Å²) in [5, 5.41) is 0.609. The largest absolute Gasteiger partial charge is 0.399 e. The number of pyridine rings is 1. The van der Waals surface area contributed by atoms with Gasteiger partial charge in [-0.1, -0.05) is 30.7 Å². The molecule has 0 atom stereocenters. The second-order valence-corrected chi connectivity index (χ2v) is 5.14. The molecule has 5 heteroatoms. The van der Waals surface area contributed by atoms with Crippen molar-refractivity contribution in [2.45, 2.75) is 19.9 Å². The van der Waals surface area contributed by atoms with Crippen LogP contribution in [0.1, 0.15) is 18.3 Å². The predicted molar refractivity (Wildman–Crippen MR) is 81.9 cm³/mol. The molecule has 0 spiro atoms. The summed E-state index contributed by atoms with van der Waals surface area (Å²) in [5.41, 5.74) is 9.36. The lowest BCUT2D eigenvalue weighted by Crippen LogP contribution is -2.05. The van der Waals surface area contributed by atoms with Gasteiger partial charge in [-0.3, -0.25) is 0 Å². The number of nitrogens with zero attached hydrogens (tertiary/aromatic N) is 3. The number of hydrogen-bond donors (Lipinski definition) is 1. The quantitative estimate of drug-likeness (QED) is 0.752. The highest BCUT2D eigenvalue weighted by atomic mass is 35.5. The molecule has 2 heterocycles. The van der Waals surface area contributed by atoms with Gasteiger partial charge in [-0.15, -0.1) is 0 Å². The van der Waals surface area contributed by atoms with Crippen LogP contribution in [0, 0.1) is 0 Å². The molecule has 0 amide bonds. The van der Waals surface area contributed by atoms with Gasteiger partial charge in [-0.25, -0.2) is 9.97 Å². The van der Waals surface area contributed by atoms with Gasteiger partial charge in [0.2, 0.25) is 0 Å². The predicted octanol–water partition coefficient (Wildman–Crippen LogP) is 3.28. The SMILES string of the molecule is CCc1nc2cc(Cl)cnc2n1Cc1ccc(N)cc1. The van der Waals surface area contributed by atoms with Crippen molar-refractivity contribution in [1.82, 2.24) is 14.5 Å². The molecular weight excluding hydrogens is 272 g/mol. The number of halogens is 1. The van der Waals surface area contributed by atoms with Crippen LogP contribution in [0.3, 0.4) is 0 Å². The Balaban J connectivity index is 2.07. The second-order valence-electron chi connectivity index (χ2n) is 4.71. The summed E-state index contributed by atoms with van der Waals surface area (Å²) in [6, 6.07) is 9.71. The van der Waals surface area contributed by atoms with Crippen LogP contribution >= 0.6 is 11.6 Å². The maximum absolute atomic E-state index is 5.98. The number of anilines is 1. The summed E-state index contributed by atoms with van der Waals surface area (Å²) >= 11 is 5.98. The number of nitrogens with two attached hydrogens (primary N) is 1. The maximum atomic E-state index is 5.98. The van der Waals surface area contributed by atoms with E-state index in [0.29, 0.717) is 5.02 Å². The van der Waals surface area contributed by atoms with Crippen LogP contribution < -0.4 is 5.73 Å². The number of imidazole rings is 1. The monoisotopic (exact) mass is 286 g/mol. The Labute approximate surface area is 122 Å². The van der Waals surface area contributed by atoms with Crippen LogP contribution in [-0.4, -0.2) is 14.5 Å². The summed E-state index contributed by atoms with van der Waals surface area (Å²) in [7, 11) is 0. The number of aryl methyl sites for hydroxylation is 1. The van der Waals surface area contributed by atoms with Gasteiger partial charge < -0.3 is 10.3 Å².